The lowest BCUT2D eigenvalue weighted by Gasteiger charge is -2.31. The largest absolute Gasteiger partial charge is 0.493 e. The summed E-state index contributed by atoms with van der Waals surface area (Å²) in [5, 5.41) is 0. The standard InChI is InChI=1S/C19H26O3/c1-2-19(20)22-18-9-4-3-8-17(18)15-6-5-7-16(12-15)21-13-14-10-11-14/h5-7,12,14,17-18H,2-4,8-11,13H2,1H3/t17-,18+/m1/s1. The van der Waals surface area contributed by atoms with Crippen molar-refractivity contribution < 1.29 is 14.3 Å². The van der Waals surface area contributed by atoms with Crippen LogP contribution in [0.2, 0.25) is 0 Å². The quantitative estimate of drug-likeness (QED) is 0.728. The predicted octanol–water partition coefficient (Wildman–Crippen LogP) is 4.45. The van der Waals surface area contributed by atoms with E-state index in [4.69, 9.17) is 9.47 Å². The van der Waals surface area contributed by atoms with Crippen LogP contribution in [0.3, 0.4) is 0 Å². The Balaban J connectivity index is 1.68. The van der Waals surface area contributed by atoms with Gasteiger partial charge in [0.15, 0.2) is 0 Å². The minimum atomic E-state index is -0.0852. The zero-order chi connectivity index (χ0) is 15.4. The third-order valence-electron chi connectivity index (χ3n) is 4.74. The molecular formula is C19H26O3. The molecule has 3 nitrogen and oxygen atoms in total. The van der Waals surface area contributed by atoms with Crippen molar-refractivity contribution in [1.82, 2.24) is 0 Å². The Morgan fingerprint density at radius 2 is 2.00 bits per heavy atom. The maximum Gasteiger partial charge on any atom is 0.305 e. The fourth-order valence-electron chi connectivity index (χ4n) is 3.20. The second-order valence-electron chi connectivity index (χ2n) is 6.60. The van der Waals surface area contributed by atoms with Gasteiger partial charge in [0, 0.05) is 12.3 Å². The molecule has 2 aliphatic rings. The average Bonchev–Trinajstić information content (AvgIpc) is 3.38. The summed E-state index contributed by atoms with van der Waals surface area (Å²) in [6, 6.07) is 8.38. The molecule has 2 fully saturated rings. The van der Waals surface area contributed by atoms with Gasteiger partial charge in [0.25, 0.3) is 0 Å². The van der Waals surface area contributed by atoms with Crippen molar-refractivity contribution in [2.24, 2.45) is 5.92 Å². The van der Waals surface area contributed by atoms with Crippen LogP contribution in [-0.2, 0) is 9.53 Å². The van der Waals surface area contributed by atoms with E-state index in [9.17, 15) is 4.79 Å². The van der Waals surface area contributed by atoms with Crippen LogP contribution in [0.4, 0.5) is 0 Å². The van der Waals surface area contributed by atoms with Crippen LogP contribution in [0.15, 0.2) is 24.3 Å². The zero-order valence-corrected chi connectivity index (χ0v) is 13.4. The van der Waals surface area contributed by atoms with Gasteiger partial charge in [-0.2, -0.15) is 0 Å². The summed E-state index contributed by atoms with van der Waals surface area (Å²) >= 11 is 0. The number of carbonyl (C=O) groups is 1. The van der Waals surface area contributed by atoms with E-state index in [2.05, 4.69) is 18.2 Å². The van der Waals surface area contributed by atoms with E-state index in [1.807, 2.05) is 13.0 Å². The molecule has 0 aromatic heterocycles. The fraction of sp³-hybridized carbons (Fsp3) is 0.632. The maximum atomic E-state index is 11.7. The van der Waals surface area contributed by atoms with Crippen molar-refractivity contribution in [3.63, 3.8) is 0 Å². The Kier molecular flexibility index (Phi) is 5.01. The molecule has 0 N–H and O–H groups in total. The molecule has 0 spiro atoms. The highest BCUT2D eigenvalue weighted by molar-refractivity contribution is 5.69. The van der Waals surface area contributed by atoms with Gasteiger partial charge in [-0.3, -0.25) is 4.79 Å². The van der Waals surface area contributed by atoms with Crippen LogP contribution in [0.25, 0.3) is 0 Å². The Hall–Kier alpha value is -1.51. The lowest BCUT2D eigenvalue weighted by molar-refractivity contribution is -0.151. The van der Waals surface area contributed by atoms with Crippen molar-refractivity contribution in [2.75, 3.05) is 6.61 Å². The van der Waals surface area contributed by atoms with Gasteiger partial charge in [-0.25, -0.2) is 0 Å². The first-order valence-corrected chi connectivity index (χ1v) is 8.68. The van der Waals surface area contributed by atoms with Crippen molar-refractivity contribution in [3.8, 4) is 5.75 Å². The van der Waals surface area contributed by atoms with Crippen molar-refractivity contribution in [1.29, 1.82) is 0 Å². The van der Waals surface area contributed by atoms with Crippen molar-refractivity contribution in [3.05, 3.63) is 29.8 Å². The second kappa shape index (κ2) is 7.17. The first-order chi connectivity index (χ1) is 10.8. The van der Waals surface area contributed by atoms with E-state index >= 15 is 0 Å². The molecule has 2 aliphatic carbocycles. The molecule has 1 aromatic carbocycles. The number of benzene rings is 1. The van der Waals surface area contributed by atoms with E-state index in [0.717, 1.165) is 37.5 Å². The van der Waals surface area contributed by atoms with Crippen LogP contribution >= 0.6 is 0 Å². The summed E-state index contributed by atoms with van der Waals surface area (Å²) in [5.41, 5.74) is 1.25. The minimum absolute atomic E-state index is 0.0277. The lowest BCUT2D eigenvalue weighted by Crippen LogP contribution is -2.28. The summed E-state index contributed by atoms with van der Waals surface area (Å²) in [7, 11) is 0. The van der Waals surface area contributed by atoms with Crippen LogP contribution in [-0.4, -0.2) is 18.7 Å². The lowest BCUT2D eigenvalue weighted by atomic mass is 9.81. The highest BCUT2D eigenvalue weighted by atomic mass is 16.5. The molecule has 2 atom stereocenters. The molecule has 0 saturated heterocycles. The molecular weight excluding hydrogens is 276 g/mol. The smallest absolute Gasteiger partial charge is 0.305 e. The van der Waals surface area contributed by atoms with Gasteiger partial charge in [0.05, 0.1) is 6.61 Å². The van der Waals surface area contributed by atoms with Gasteiger partial charge in [-0.1, -0.05) is 25.5 Å². The Labute approximate surface area is 133 Å². The summed E-state index contributed by atoms with van der Waals surface area (Å²) in [5.74, 6) is 1.94. The molecule has 0 unspecified atom stereocenters. The number of esters is 1. The highest BCUT2D eigenvalue weighted by Gasteiger charge is 2.29. The summed E-state index contributed by atoms with van der Waals surface area (Å²) in [4.78, 5) is 11.7. The average molecular weight is 302 g/mol. The minimum Gasteiger partial charge on any atom is -0.493 e. The Morgan fingerprint density at radius 1 is 1.18 bits per heavy atom. The second-order valence-corrected chi connectivity index (χ2v) is 6.60. The predicted molar refractivity (Wildman–Crippen MR) is 86.0 cm³/mol. The molecule has 0 heterocycles. The number of rotatable bonds is 6. The van der Waals surface area contributed by atoms with Crippen molar-refractivity contribution in [2.45, 2.75) is 63.9 Å². The third-order valence-corrected chi connectivity index (χ3v) is 4.74. The van der Waals surface area contributed by atoms with E-state index in [0.29, 0.717) is 12.3 Å². The zero-order valence-electron chi connectivity index (χ0n) is 13.4. The third kappa shape index (κ3) is 4.02. The van der Waals surface area contributed by atoms with E-state index < -0.39 is 0 Å². The van der Waals surface area contributed by atoms with Gasteiger partial charge < -0.3 is 9.47 Å². The van der Waals surface area contributed by atoms with Crippen LogP contribution in [0.5, 0.6) is 5.75 Å². The molecule has 2 saturated carbocycles. The monoisotopic (exact) mass is 302 g/mol. The summed E-state index contributed by atoms with van der Waals surface area (Å²) < 4.78 is 11.6. The van der Waals surface area contributed by atoms with Gasteiger partial charge in [-0.15, -0.1) is 0 Å². The topological polar surface area (TPSA) is 35.5 Å². The molecule has 0 radical (unpaired) electrons. The van der Waals surface area contributed by atoms with Gasteiger partial charge >= 0.3 is 5.97 Å². The summed E-state index contributed by atoms with van der Waals surface area (Å²) in [6.07, 6.45) is 7.51. The Morgan fingerprint density at radius 3 is 2.77 bits per heavy atom. The maximum absolute atomic E-state index is 11.7. The SMILES string of the molecule is CCC(=O)O[C@H]1CCCC[C@@H]1c1cccc(OCC2CC2)c1. The van der Waals surface area contributed by atoms with E-state index in [1.54, 1.807) is 0 Å². The summed E-state index contributed by atoms with van der Waals surface area (Å²) in [6.45, 7) is 2.69. The van der Waals surface area contributed by atoms with Crippen LogP contribution in [0, 0.1) is 5.92 Å². The first-order valence-electron chi connectivity index (χ1n) is 8.68. The Bertz CT molecular complexity index is 507. The number of hydrogen-bond donors (Lipinski definition) is 0. The van der Waals surface area contributed by atoms with Gasteiger partial charge in [0.1, 0.15) is 11.9 Å². The van der Waals surface area contributed by atoms with E-state index in [-0.39, 0.29) is 12.1 Å². The van der Waals surface area contributed by atoms with Crippen molar-refractivity contribution >= 4 is 5.97 Å². The normalized spacial score (nSPS) is 24.8. The fourth-order valence-corrected chi connectivity index (χ4v) is 3.20. The number of carbonyl (C=O) groups excluding carboxylic acids is 1. The molecule has 3 rings (SSSR count). The molecule has 0 aliphatic heterocycles. The molecule has 0 bridgehead atoms. The first kappa shape index (κ1) is 15.4. The molecule has 120 valence electrons. The molecule has 0 amide bonds. The van der Waals surface area contributed by atoms with E-state index in [1.165, 1.54) is 24.8 Å². The van der Waals surface area contributed by atoms with Crippen LogP contribution < -0.4 is 4.74 Å². The van der Waals surface area contributed by atoms with Gasteiger partial charge in [-0.05, 0) is 55.7 Å². The highest BCUT2D eigenvalue weighted by Crippen LogP contribution is 2.37. The molecule has 1 aromatic rings. The van der Waals surface area contributed by atoms with Crippen LogP contribution in [0.1, 0.15) is 63.4 Å². The van der Waals surface area contributed by atoms with Gasteiger partial charge in [0.2, 0.25) is 0 Å². The number of ether oxygens (including phenoxy) is 2. The molecule has 22 heavy (non-hydrogen) atoms. The number of hydrogen-bond acceptors (Lipinski definition) is 3. The molecule has 3 heteroatoms.